The molecule has 1 N–H and O–H groups in total. The first-order valence-electron chi connectivity index (χ1n) is 7.23. The maximum atomic E-state index is 13.2. The molecule has 24 heavy (non-hydrogen) atoms. The van der Waals surface area contributed by atoms with E-state index in [2.05, 4.69) is 10.1 Å². The van der Waals surface area contributed by atoms with Crippen molar-refractivity contribution in [3.63, 3.8) is 0 Å². The number of hydrogen-bond acceptors (Lipinski definition) is 4. The minimum Gasteiger partial charge on any atom is -0.469 e. The monoisotopic (exact) mass is 346 g/mol. The Morgan fingerprint density at radius 2 is 1.79 bits per heavy atom. The van der Waals surface area contributed by atoms with Gasteiger partial charge in [0.2, 0.25) is 0 Å². The van der Waals surface area contributed by atoms with E-state index in [9.17, 15) is 22.5 Å². The van der Waals surface area contributed by atoms with Gasteiger partial charge in [0.05, 0.1) is 13.5 Å². The third kappa shape index (κ3) is 5.79. The van der Waals surface area contributed by atoms with Gasteiger partial charge < -0.3 is 22.4 Å². The highest BCUT2D eigenvalue weighted by Crippen LogP contribution is 2.22. The Morgan fingerprint density at radius 3 is 2.25 bits per heavy atom. The van der Waals surface area contributed by atoms with E-state index in [-0.39, 0.29) is 23.2 Å². The number of benzene rings is 1. The van der Waals surface area contributed by atoms with Crippen LogP contribution in [0.3, 0.4) is 0 Å². The van der Waals surface area contributed by atoms with Crippen LogP contribution in [-0.2, 0) is 20.7 Å². The van der Waals surface area contributed by atoms with E-state index >= 15 is 0 Å². The van der Waals surface area contributed by atoms with Crippen LogP contribution < -0.4 is 10.8 Å². The van der Waals surface area contributed by atoms with Gasteiger partial charge in [0.1, 0.15) is 5.60 Å². The molecule has 0 aliphatic rings. The van der Waals surface area contributed by atoms with E-state index in [0.717, 1.165) is 13.2 Å². The van der Waals surface area contributed by atoms with Crippen LogP contribution in [0.25, 0.3) is 0 Å². The molecule has 1 rings (SSSR count). The van der Waals surface area contributed by atoms with Crippen LogP contribution in [0, 0.1) is 6.92 Å². The van der Waals surface area contributed by atoms with E-state index in [1.807, 2.05) is 0 Å². The first-order chi connectivity index (χ1) is 10.8. The number of carbonyl (C=O) groups is 2. The smallest absolute Gasteiger partial charge is 0.469 e. The van der Waals surface area contributed by atoms with Crippen LogP contribution >= 0.6 is 0 Å². The maximum Gasteiger partial charge on any atom is 0.509 e. The summed E-state index contributed by atoms with van der Waals surface area (Å²) in [5.74, 6) is -0.678. The SMILES string of the molecule is COC(=O)Cc1cc(NC(=O)OC(C)(C)C)c(C)c([B-](F)(F)F)c1. The number of hydrogen-bond donors (Lipinski definition) is 1. The van der Waals surface area contributed by atoms with Crippen molar-refractivity contribution in [2.24, 2.45) is 0 Å². The van der Waals surface area contributed by atoms with Crippen molar-refractivity contribution >= 4 is 30.2 Å². The lowest BCUT2D eigenvalue weighted by Gasteiger charge is -2.24. The lowest BCUT2D eigenvalue weighted by molar-refractivity contribution is -0.139. The van der Waals surface area contributed by atoms with Crippen molar-refractivity contribution in [1.29, 1.82) is 0 Å². The summed E-state index contributed by atoms with van der Waals surface area (Å²) in [6.07, 6.45) is -1.21. The minimum absolute atomic E-state index is 0.0557. The number of nitrogens with one attached hydrogen (secondary N) is 1. The van der Waals surface area contributed by atoms with Crippen LogP contribution in [-0.4, -0.2) is 31.8 Å². The Bertz CT molecular complexity index is 639. The van der Waals surface area contributed by atoms with Gasteiger partial charge in [-0.05, 0) is 39.3 Å². The molecular weight excluding hydrogens is 326 g/mol. The molecule has 0 atom stereocenters. The fourth-order valence-electron chi connectivity index (χ4n) is 2.02. The highest BCUT2D eigenvalue weighted by molar-refractivity contribution is 6.74. The fourth-order valence-corrected chi connectivity index (χ4v) is 2.02. The molecule has 1 amide bonds. The number of esters is 1. The van der Waals surface area contributed by atoms with Crippen LogP contribution in [0.1, 0.15) is 31.9 Å². The lowest BCUT2D eigenvalue weighted by atomic mass is 9.75. The van der Waals surface area contributed by atoms with Gasteiger partial charge in [-0.3, -0.25) is 10.1 Å². The Hall–Kier alpha value is -2.19. The predicted octanol–water partition coefficient (Wildman–Crippen LogP) is 3.11. The molecule has 1 aromatic rings. The summed E-state index contributed by atoms with van der Waals surface area (Å²) >= 11 is 0. The summed E-state index contributed by atoms with van der Waals surface area (Å²) in [5.41, 5.74) is -1.77. The second-order valence-electron chi connectivity index (χ2n) is 6.31. The van der Waals surface area contributed by atoms with Crippen LogP contribution in [0.4, 0.5) is 23.4 Å². The normalized spacial score (nSPS) is 11.8. The van der Waals surface area contributed by atoms with Crippen molar-refractivity contribution in [2.45, 2.75) is 39.7 Å². The third-order valence-corrected chi connectivity index (χ3v) is 3.07. The molecule has 0 aliphatic heterocycles. The lowest BCUT2D eigenvalue weighted by Crippen LogP contribution is -2.37. The maximum absolute atomic E-state index is 13.2. The number of carbonyl (C=O) groups excluding carboxylic acids is 2. The number of rotatable bonds is 4. The van der Waals surface area contributed by atoms with Gasteiger partial charge in [0, 0.05) is 5.69 Å². The molecule has 9 heteroatoms. The summed E-state index contributed by atoms with van der Waals surface area (Å²) in [6.45, 7) is 0.850. The number of anilines is 1. The second kappa shape index (κ2) is 7.15. The van der Waals surface area contributed by atoms with Crippen LogP contribution in [0.5, 0.6) is 0 Å². The first-order valence-corrected chi connectivity index (χ1v) is 7.23. The fraction of sp³-hybridized carbons (Fsp3) is 0.467. The van der Waals surface area contributed by atoms with Crippen LogP contribution in [0.15, 0.2) is 12.1 Å². The van der Waals surface area contributed by atoms with Crippen LogP contribution in [0.2, 0.25) is 0 Å². The van der Waals surface area contributed by atoms with Crippen molar-refractivity contribution in [3.05, 3.63) is 23.3 Å². The molecule has 0 heterocycles. The zero-order valence-corrected chi connectivity index (χ0v) is 14.2. The first kappa shape index (κ1) is 19.9. The predicted molar refractivity (Wildman–Crippen MR) is 85.5 cm³/mol. The van der Waals surface area contributed by atoms with E-state index in [1.54, 1.807) is 20.8 Å². The molecule has 0 aliphatic carbocycles. The number of ether oxygens (including phenoxy) is 2. The number of halogens is 3. The third-order valence-electron chi connectivity index (χ3n) is 3.07. The van der Waals surface area contributed by atoms with E-state index in [4.69, 9.17) is 4.74 Å². The molecule has 0 fully saturated rings. The highest BCUT2D eigenvalue weighted by Gasteiger charge is 2.29. The van der Waals surface area contributed by atoms with E-state index in [1.165, 1.54) is 13.0 Å². The molecule has 1 aromatic carbocycles. The summed E-state index contributed by atoms with van der Waals surface area (Å²) in [5, 5.41) is 2.31. The van der Waals surface area contributed by atoms with Gasteiger partial charge in [0.25, 0.3) is 0 Å². The molecule has 0 saturated heterocycles. The van der Waals surface area contributed by atoms with Gasteiger partial charge in [-0.2, -0.15) is 0 Å². The van der Waals surface area contributed by atoms with E-state index in [0.29, 0.717) is 0 Å². The minimum atomic E-state index is -5.31. The summed E-state index contributed by atoms with van der Waals surface area (Å²) < 4.78 is 49.2. The second-order valence-corrected chi connectivity index (χ2v) is 6.31. The standard InChI is InChI=1S/C15H20BF3NO4/c1-9-11(16(17,18)19)6-10(8-13(21)23-5)7-12(9)20-14(22)24-15(2,3)4/h6-7H,8H2,1-5H3,(H,20,22)/q-1. The quantitative estimate of drug-likeness (QED) is 0.672. The summed E-state index contributed by atoms with van der Waals surface area (Å²) in [6, 6.07) is 2.20. The largest absolute Gasteiger partial charge is 0.509 e. The zero-order chi connectivity index (χ0) is 18.7. The van der Waals surface area contributed by atoms with Gasteiger partial charge in [-0.1, -0.05) is 11.6 Å². The Morgan fingerprint density at radius 1 is 1.21 bits per heavy atom. The van der Waals surface area contributed by atoms with Crippen molar-refractivity contribution in [1.82, 2.24) is 0 Å². The molecule has 5 nitrogen and oxygen atoms in total. The highest BCUT2D eigenvalue weighted by atomic mass is 19.4. The molecule has 0 radical (unpaired) electrons. The van der Waals surface area contributed by atoms with Crippen molar-refractivity contribution in [2.75, 3.05) is 12.4 Å². The average Bonchev–Trinajstić information content (AvgIpc) is 2.38. The number of amides is 1. The Kier molecular flexibility index (Phi) is 5.91. The van der Waals surface area contributed by atoms with Gasteiger partial charge in [0.15, 0.2) is 0 Å². The van der Waals surface area contributed by atoms with E-state index < -0.39 is 30.1 Å². The molecule has 0 saturated carbocycles. The molecule has 0 aromatic heterocycles. The zero-order valence-electron chi connectivity index (χ0n) is 14.2. The molecule has 0 spiro atoms. The van der Waals surface area contributed by atoms with Gasteiger partial charge >= 0.3 is 19.0 Å². The van der Waals surface area contributed by atoms with Crippen molar-refractivity contribution < 1.29 is 32.0 Å². The molecule has 0 unspecified atom stereocenters. The van der Waals surface area contributed by atoms with Crippen molar-refractivity contribution in [3.8, 4) is 0 Å². The summed E-state index contributed by atoms with van der Waals surface area (Å²) in [7, 11) is 1.14. The summed E-state index contributed by atoms with van der Waals surface area (Å²) in [4.78, 5) is 23.2. The number of methoxy groups -OCH3 is 1. The van der Waals surface area contributed by atoms with Gasteiger partial charge in [-0.25, -0.2) is 4.79 Å². The Labute approximate surface area is 138 Å². The Balaban J connectivity index is 3.24. The topological polar surface area (TPSA) is 64.6 Å². The molecule has 0 bridgehead atoms. The molecular formula is C15H20BF3NO4-. The van der Waals surface area contributed by atoms with Gasteiger partial charge in [-0.15, -0.1) is 5.46 Å². The average molecular weight is 346 g/mol. The molecule has 134 valence electrons.